The van der Waals surface area contributed by atoms with E-state index in [-0.39, 0.29) is 0 Å². The molecule has 0 aromatic rings. The maximum atomic E-state index is 12.5. The number of rotatable bonds is 1. The summed E-state index contributed by atoms with van der Waals surface area (Å²) < 4.78 is 81.7. The third-order valence-electron chi connectivity index (χ3n) is 2.39. The van der Waals surface area contributed by atoms with Crippen molar-refractivity contribution in [2.45, 2.75) is 45.5 Å². The zero-order valence-electron chi connectivity index (χ0n) is 16.2. The van der Waals surface area contributed by atoms with E-state index in [1.54, 1.807) is 0 Å². The summed E-state index contributed by atoms with van der Waals surface area (Å²) in [5.74, 6) is 0. The third-order valence-corrected chi connectivity index (χ3v) is 2.39. The van der Waals surface area contributed by atoms with Gasteiger partial charge in [-0.05, 0) is 27.7 Å². The Morgan fingerprint density at radius 2 is 1.89 bits per heavy atom. The van der Waals surface area contributed by atoms with Gasteiger partial charge in [0.25, 0.3) is 0 Å². The van der Waals surface area contributed by atoms with Crippen molar-refractivity contribution in [1.29, 1.82) is 0 Å². The first-order valence-electron chi connectivity index (χ1n) is 8.27. The van der Waals surface area contributed by atoms with Gasteiger partial charge in [0.15, 0.2) is 6.10 Å². The Balaban J connectivity index is 3.12. The number of alkyl halides is 3. The van der Waals surface area contributed by atoms with Gasteiger partial charge in [-0.1, -0.05) is 0 Å². The second kappa shape index (κ2) is 5.56. The summed E-state index contributed by atoms with van der Waals surface area (Å²) in [6.07, 6.45) is -8.84. The number of piperazine rings is 1. The van der Waals surface area contributed by atoms with Crippen LogP contribution in [-0.2, 0) is 4.74 Å². The number of hydrogen-bond donors (Lipinski definition) is 0. The molecule has 1 rings (SSSR count). The highest BCUT2D eigenvalue weighted by Gasteiger charge is 2.40. The van der Waals surface area contributed by atoms with E-state index in [9.17, 15) is 18.0 Å². The van der Waals surface area contributed by atoms with Crippen LogP contribution in [0.3, 0.4) is 0 Å². The Morgan fingerprint density at radius 3 is 2.37 bits per heavy atom. The molecule has 7 heteroatoms. The van der Waals surface area contributed by atoms with E-state index in [1.165, 1.54) is 20.8 Å². The van der Waals surface area contributed by atoms with Gasteiger partial charge in [0, 0.05) is 37.1 Å². The van der Waals surface area contributed by atoms with E-state index in [4.69, 9.17) is 6.85 Å². The van der Waals surface area contributed by atoms with Gasteiger partial charge in [0.2, 0.25) is 0 Å². The van der Waals surface area contributed by atoms with Crippen molar-refractivity contribution >= 4 is 6.09 Å². The van der Waals surface area contributed by atoms with Crippen molar-refractivity contribution in [3.63, 3.8) is 0 Å². The van der Waals surface area contributed by atoms with Crippen molar-refractivity contribution in [2.24, 2.45) is 0 Å². The van der Waals surface area contributed by atoms with Crippen molar-refractivity contribution in [1.82, 2.24) is 9.80 Å². The number of halogens is 3. The summed E-state index contributed by atoms with van der Waals surface area (Å²) in [4.78, 5) is 13.1. The van der Waals surface area contributed by atoms with Crippen LogP contribution in [0.15, 0.2) is 0 Å². The smallest absolute Gasteiger partial charge is 0.425 e. The van der Waals surface area contributed by atoms with Crippen LogP contribution >= 0.6 is 0 Å². The van der Waals surface area contributed by atoms with Gasteiger partial charge < -0.3 is 9.64 Å². The molecule has 112 valence electrons. The Labute approximate surface area is 118 Å². The number of carbonyl (C=O) groups excluding carboxylic acids is 1. The molecule has 1 fully saturated rings. The minimum absolute atomic E-state index is 0.338. The molecule has 0 bridgehead atoms. The molecule has 1 aliphatic rings. The molecule has 0 aliphatic carbocycles. The lowest BCUT2D eigenvalue weighted by Crippen LogP contribution is -2.55. The number of nitrogens with zero attached hydrogens (tertiary/aromatic N) is 2. The van der Waals surface area contributed by atoms with Gasteiger partial charge in [0.05, 0.1) is 1.37 Å². The Kier molecular flexibility index (Phi) is 2.88. The van der Waals surface area contributed by atoms with Crippen LogP contribution in [0.4, 0.5) is 18.0 Å². The number of hydrogen-bond acceptors (Lipinski definition) is 3. The Hall–Kier alpha value is -0.980. The van der Waals surface area contributed by atoms with E-state index < -0.39 is 50.0 Å². The molecule has 1 amide bonds. The Morgan fingerprint density at radius 1 is 1.32 bits per heavy atom. The maximum Gasteiger partial charge on any atom is 0.425 e. The highest BCUT2D eigenvalue weighted by Crippen LogP contribution is 2.23. The van der Waals surface area contributed by atoms with Crippen LogP contribution in [0.2, 0.25) is 0 Å². The summed E-state index contributed by atoms with van der Waals surface area (Å²) in [5.41, 5.74) is -1.03. The molecule has 0 N–H and O–H groups in total. The fourth-order valence-corrected chi connectivity index (χ4v) is 1.20. The van der Waals surface area contributed by atoms with Crippen LogP contribution < -0.4 is 0 Å². The molecule has 0 spiro atoms. The van der Waals surface area contributed by atoms with E-state index in [0.29, 0.717) is 11.8 Å². The molecule has 0 aromatic heterocycles. The minimum Gasteiger partial charge on any atom is -0.437 e. The van der Waals surface area contributed by atoms with Crippen LogP contribution in [0.1, 0.15) is 34.5 Å². The molecular formula is C12H21F3N2O2. The van der Waals surface area contributed by atoms with E-state index in [1.807, 2.05) is 0 Å². The van der Waals surface area contributed by atoms with Gasteiger partial charge in [-0.3, -0.25) is 4.90 Å². The summed E-state index contributed by atoms with van der Waals surface area (Å²) >= 11 is 0. The number of carbonyl (C=O) groups is 1. The second-order valence-corrected chi connectivity index (χ2v) is 5.12. The van der Waals surface area contributed by atoms with E-state index >= 15 is 0 Å². The number of amides is 1. The van der Waals surface area contributed by atoms with Crippen LogP contribution in [0, 0.1) is 0 Å². The highest BCUT2D eigenvalue weighted by molar-refractivity contribution is 5.68. The van der Waals surface area contributed by atoms with Crippen molar-refractivity contribution in [2.75, 3.05) is 26.1 Å². The zero-order chi connectivity index (χ0) is 19.3. The molecular weight excluding hydrogens is 261 g/mol. The molecule has 4 nitrogen and oxygen atoms in total. The lowest BCUT2D eigenvalue weighted by Gasteiger charge is -2.42. The second-order valence-electron chi connectivity index (χ2n) is 5.12. The molecule has 0 aromatic carbocycles. The van der Waals surface area contributed by atoms with Gasteiger partial charge in [-0.2, -0.15) is 13.2 Å². The number of ether oxygens (including phenoxy) is 1. The lowest BCUT2D eigenvalue weighted by atomic mass is 10.1. The zero-order valence-corrected chi connectivity index (χ0v) is 11.2. The summed E-state index contributed by atoms with van der Waals surface area (Å²) in [5, 5.41) is 0. The van der Waals surface area contributed by atoms with Gasteiger partial charge >= 0.3 is 12.3 Å². The molecule has 2 atom stereocenters. The normalized spacial score (nSPS) is 33.3. The maximum absolute atomic E-state index is 12.5. The van der Waals surface area contributed by atoms with E-state index in [2.05, 4.69) is 4.74 Å². The molecule has 1 heterocycles. The average Bonchev–Trinajstić information content (AvgIpc) is 2.29. The quantitative estimate of drug-likeness (QED) is 0.743. The molecule has 1 aliphatic heterocycles. The van der Waals surface area contributed by atoms with Crippen molar-refractivity contribution in [3.8, 4) is 0 Å². The van der Waals surface area contributed by atoms with Crippen LogP contribution in [-0.4, -0.2) is 59.8 Å². The Bertz CT molecular complexity index is 496. The van der Waals surface area contributed by atoms with Crippen LogP contribution in [0.5, 0.6) is 0 Å². The first-order valence-corrected chi connectivity index (χ1v) is 5.69. The SMILES string of the molecule is [2H]C1N(C(=O)OC(C)C(F)(F)F)CC([2H])([2H])N(C(C)(C)C)C1([2H])[2H]. The predicted molar refractivity (Wildman–Crippen MR) is 64.9 cm³/mol. The van der Waals surface area contributed by atoms with Gasteiger partial charge in [0.1, 0.15) is 0 Å². The lowest BCUT2D eigenvalue weighted by molar-refractivity contribution is -0.200. The van der Waals surface area contributed by atoms with Crippen molar-refractivity contribution in [3.05, 3.63) is 0 Å². The molecule has 2 unspecified atom stereocenters. The molecule has 0 saturated carbocycles. The molecule has 0 radical (unpaired) electrons. The largest absolute Gasteiger partial charge is 0.437 e. The fourth-order valence-electron chi connectivity index (χ4n) is 1.20. The molecule has 19 heavy (non-hydrogen) atoms. The average molecular weight is 287 g/mol. The van der Waals surface area contributed by atoms with Crippen LogP contribution in [0.25, 0.3) is 0 Å². The molecule has 1 saturated heterocycles. The fraction of sp³-hybridized carbons (Fsp3) is 0.917. The summed E-state index contributed by atoms with van der Waals surface area (Å²) in [6.45, 7) is -2.57. The summed E-state index contributed by atoms with van der Waals surface area (Å²) in [7, 11) is 0. The van der Waals surface area contributed by atoms with E-state index in [0.717, 1.165) is 4.90 Å². The highest BCUT2D eigenvalue weighted by atomic mass is 19.4. The van der Waals surface area contributed by atoms with Gasteiger partial charge in [-0.15, -0.1) is 0 Å². The topological polar surface area (TPSA) is 32.8 Å². The summed E-state index contributed by atoms with van der Waals surface area (Å²) in [6, 6.07) is 0. The van der Waals surface area contributed by atoms with Crippen molar-refractivity contribution < 1.29 is 29.6 Å². The monoisotopic (exact) mass is 287 g/mol. The predicted octanol–water partition coefficient (Wildman–Crippen LogP) is 2.49. The third kappa shape index (κ3) is 4.56. The first-order chi connectivity index (χ1) is 10.4. The minimum atomic E-state index is -4.81. The first kappa shape index (κ1) is 9.85. The standard InChI is InChI=1S/C12H21F3N2O2/c1-9(12(13,14)15)19-10(18)16-5-7-17(8-6-16)11(2,3)4/h9H,5-8H2,1-4H3/i5D,7D2,8D2. The van der Waals surface area contributed by atoms with Gasteiger partial charge in [-0.25, -0.2) is 4.79 Å².